The maximum Gasteiger partial charge on any atom is 0.224 e. The third kappa shape index (κ3) is 3.05. The second-order valence-electron chi connectivity index (χ2n) is 5.38. The second kappa shape index (κ2) is 4.65. The fraction of sp³-hybridized carbons (Fsp3) is 0.357. The number of nitrogens with one attached hydrogen (secondary N) is 1. The molecule has 3 nitrogen and oxygen atoms in total. The summed E-state index contributed by atoms with van der Waals surface area (Å²) in [5.74, 6) is -0.0230. The molecule has 0 aliphatic carbocycles. The third-order valence-electron chi connectivity index (χ3n) is 2.48. The van der Waals surface area contributed by atoms with Crippen molar-refractivity contribution >= 4 is 28.5 Å². The smallest absolute Gasteiger partial charge is 0.224 e. The van der Waals surface area contributed by atoms with E-state index in [4.69, 9.17) is 16.0 Å². The van der Waals surface area contributed by atoms with E-state index in [2.05, 4.69) is 5.32 Å². The minimum absolute atomic E-state index is 0.0230. The maximum absolute atomic E-state index is 11.9. The molecule has 0 atom stereocenters. The molecule has 0 aliphatic heterocycles. The molecular weight excluding hydrogens is 250 g/mol. The summed E-state index contributed by atoms with van der Waals surface area (Å²) in [5, 5.41) is 4.46. The zero-order valence-electron chi connectivity index (χ0n) is 10.7. The van der Waals surface area contributed by atoms with Crippen LogP contribution in [0.3, 0.4) is 0 Å². The summed E-state index contributed by atoms with van der Waals surface area (Å²) in [5.41, 5.74) is 1.38. The number of fused-ring (bicyclic) bond motifs is 1. The number of halogens is 1. The summed E-state index contributed by atoms with van der Waals surface area (Å²) in [4.78, 5) is 11.9. The number of carbonyl (C=O) groups is 1. The molecule has 0 saturated carbocycles. The quantitative estimate of drug-likeness (QED) is 0.902. The van der Waals surface area contributed by atoms with Gasteiger partial charge in [0.15, 0.2) is 0 Å². The van der Waals surface area contributed by atoms with Gasteiger partial charge < -0.3 is 9.73 Å². The molecule has 0 bridgehead atoms. The van der Waals surface area contributed by atoms with E-state index in [1.165, 1.54) is 0 Å². The number of carbonyl (C=O) groups excluding carboxylic acids is 1. The molecule has 1 amide bonds. The molecule has 0 spiro atoms. The number of amides is 1. The van der Waals surface area contributed by atoms with Crippen molar-refractivity contribution in [1.29, 1.82) is 0 Å². The Hall–Kier alpha value is -1.48. The molecule has 0 radical (unpaired) electrons. The minimum atomic E-state index is -0.228. The highest BCUT2D eigenvalue weighted by Crippen LogP contribution is 2.25. The van der Waals surface area contributed by atoms with Gasteiger partial charge in [0.2, 0.25) is 5.91 Å². The van der Waals surface area contributed by atoms with Gasteiger partial charge in [-0.1, -0.05) is 11.6 Å². The van der Waals surface area contributed by atoms with E-state index in [1.54, 1.807) is 12.3 Å². The normalized spacial score (nSPS) is 11.8. The van der Waals surface area contributed by atoms with Gasteiger partial charge in [-0.05, 0) is 39.0 Å². The zero-order chi connectivity index (χ0) is 13.3. The average Bonchev–Trinajstić information content (AvgIpc) is 2.58. The highest BCUT2D eigenvalue weighted by Gasteiger charge is 2.16. The molecule has 0 aliphatic rings. The summed E-state index contributed by atoms with van der Waals surface area (Å²) in [6, 6.07) is 5.40. The van der Waals surface area contributed by atoms with Crippen LogP contribution in [0, 0.1) is 0 Å². The standard InChI is InChI=1S/C14H16ClNO2/c1-14(2,3)16-13(17)6-9-8-18-12-5-4-10(15)7-11(9)12/h4-5,7-8H,6H2,1-3H3,(H,16,17). The molecule has 2 aromatic rings. The van der Waals surface area contributed by atoms with Crippen LogP contribution in [0.15, 0.2) is 28.9 Å². The van der Waals surface area contributed by atoms with E-state index in [1.807, 2.05) is 32.9 Å². The first-order chi connectivity index (χ1) is 8.35. The average molecular weight is 266 g/mol. The van der Waals surface area contributed by atoms with Gasteiger partial charge >= 0.3 is 0 Å². The Morgan fingerprint density at radius 1 is 1.39 bits per heavy atom. The Kier molecular flexibility index (Phi) is 3.35. The van der Waals surface area contributed by atoms with Gasteiger partial charge in [-0.2, -0.15) is 0 Å². The molecule has 1 aromatic carbocycles. The van der Waals surface area contributed by atoms with E-state index >= 15 is 0 Å². The SMILES string of the molecule is CC(C)(C)NC(=O)Cc1coc2ccc(Cl)cc12. The molecule has 0 unspecified atom stereocenters. The van der Waals surface area contributed by atoms with Gasteiger partial charge in [0.1, 0.15) is 5.58 Å². The number of benzene rings is 1. The van der Waals surface area contributed by atoms with Crippen molar-refractivity contribution in [2.45, 2.75) is 32.7 Å². The van der Waals surface area contributed by atoms with Crippen molar-refractivity contribution < 1.29 is 9.21 Å². The molecule has 96 valence electrons. The molecular formula is C14H16ClNO2. The van der Waals surface area contributed by atoms with Gasteiger partial charge in [-0.3, -0.25) is 4.79 Å². The molecule has 2 rings (SSSR count). The van der Waals surface area contributed by atoms with Gasteiger partial charge in [-0.15, -0.1) is 0 Å². The Labute approximate surface area is 111 Å². The van der Waals surface area contributed by atoms with Crippen LogP contribution < -0.4 is 5.32 Å². The summed E-state index contributed by atoms with van der Waals surface area (Å²) >= 11 is 5.95. The van der Waals surface area contributed by atoms with Crippen LogP contribution in [-0.4, -0.2) is 11.4 Å². The molecule has 18 heavy (non-hydrogen) atoms. The van der Waals surface area contributed by atoms with Crippen LogP contribution in [0.25, 0.3) is 11.0 Å². The molecule has 0 saturated heterocycles. The first kappa shape index (κ1) is 13.0. The summed E-state index contributed by atoms with van der Waals surface area (Å²) in [6.07, 6.45) is 1.91. The Bertz CT molecular complexity index is 581. The predicted octanol–water partition coefficient (Wildman–Crippen LogP) is 3.54. The highest BCUT2D eigenvalue weighted by molar-refractivity contribution is 6.31. The van der Waals surface area contributed by atoms with E-state index in [0.29, 0.717) is 11.4 Å². The number of furan rings is 1. The van der Waals surface area contributed by atoms with Crippen LogP contribution >= 0.6 is 11.6 Å². The van der Waals surface area contributed by atoms with Gasteiger partial charge in [0, 0.05) is 21.5 Å². The van der Waals surface area contributed by atoms with Crippen molar-refractivity contribution in [3.63, 3.8) is 0 Å². The zero-order valence-corrected chi connectivity index (χ0v) is 11.5. The highest BCUT2D eigenvalue weighted by atomic mass is 35.5. The number of rotatable bonds is 2. The largest absolute Gasteiger partial charge is 0.464 e. The van der Waals surface area contributed by atoms with Gasteiger partial charge in [-0.25, -0.2) is 0 Å². The molecule has 4 heteroatoms. The maximum atomic E-state index is 11.9. The molecule has 1 heterocycles. The predicted molar refractivity (Wildman–Crippen MR) is 72.8 cm³/mol. The van der Waals surface area contributed by atoms with Crippen LogP contribution in [0.4, 0.5) is 0 Å². The number of hydrogen-bond acceptors (Lipinski definition) is 2. The topological polar surface area (TPSA) is 42.2 Å². The lowest BCUT2D eigenvalue weighted by atomic mass is 10.1. The fourth-order valence-electron chi connectivity index (χ4n) is 1.83. The lowest BCUT2D eigenvalue weighted by Crippen LogP contribution is -2.41. The fourth-order valence-corrected chi connectivity index (χ4v) is 2.00. The minimum Gasteiger partial charge on any atom is -0.464 e. The third-order valence-corrected chi connectivity index (χ3v) is 2.72. The summed E-state index contributed by atoms with van der Waals surface area (Å²) in [6.45, 7) is 5.86. The monoisotopic (exact) mass is 265 g/mol. The van der Waals surface area contributed by atoms with Crippen molar-refractivity contribution in [2.75, 3.05) is 0 Å². The summed E-state index contributed by atoms with van der Waals surface area (Å²) < 4.78 is 5.40. The van der Waals surface area contributed by atoms with Gasteiger partial charge in [0.05, 0.1) is 12.7 Å². The van der Waals surface area contributed by atoms with E-state index in [0.717, 1.165) is 16.5 Å². The van der Waals surface area contributed by atoms with Crippen LogP contribution in [-0.2, 0) is 11.2 Å². The lowest BCUT2D eigenvalue weighted by Gasteiger charge is -2.20. The van der Waals surface area contributed by atoms with Crippen molar-refractivity contribution in [2.24, 2.45) is 0 Å². The first-order valence-electron chi connectivity index (χ1n) is 5.82. The van der Waals surface area contributed by atoms with Crippen LogP contribution in [0.2, 0.25) is 5.02 Å². The molecule has 0 fully saturated rings. The van der Waals surface area contributed by atoms with Crippen LogP contribution in [0.1, 0.15) is 26.3 Å². The lowest BCUT2D eigenvalue weighted by molar-refractivity contribution is -0.121. The first-order valence-corrected chi connectivity index (χ1v) is 6.19. The molecule has 1 N–H and O–H groups in total. The van der Waals surface area contributed by atoms with Crippen molar-refractivity contribution in [3.8, 4) is 0 Å². The van der Waals surface area contributed by atoms with Crippen molar-refractivity contribution in [1.82, 2.24) is 5.32 Å². The van der Waals surface area contributed by atoms with Gasteiger partial charge in [0.25, 0.3) is 0 Å². The van der Waals surface area contributed by atoms with E-state index < -0.39 is 0 Å². The Morgan fingerprint density at radius 2 is 2.11 bits per heavy atom. The van der Waals surface area contributed by atoms with E-state index in [-0.39, 0.29) is 11.4 Å². The summed E-state index contributed by atoms with van der Waals surface area (Å²) in [7, 11) is 0. The van der Waals surface area contributed by atoms with E-state index in [9.17, 15) is 4.79 Å². The van der Waals surface area contributed by atoms with Crippen LogP contribution in [0.5, 0.6) is 0 Å². The Morgan fingerprint density at radius 3 is 2.78 bits per heavy atom. The van der Waals surface area contributed by atoms with Crippen molar-refractivity contribution in [3.05, 3.63) is 35.0 Å². The number of hydrogen-bond donors (Lipinski definition) is 1. The Balaban J connectivity index is 2.22. The second-order valence-corrected chi connectivity index (χ2v) is 5.81. The molecule has 1 aromatic heterocycles.